The molecule has 0 fully saturated rings. The van der Waals surface area contributed by atoms with Gasteiger partial charge in [0.05, 0.1) is 22.4 Å². The van der Waals surface area contributed by atoms with Crippen LogP contribution in [0.3, 0.4) is 0 Å². The monoisotopic (exact) mass is 1110 g/mol. The molecule has 11 aromatic rings. The van der Waals surface area contributed by atoms with Crippen LogP contribution in [0.4, 0.5) is 4.39 Å². The van der Waals surface area contributed by atoms with E-state index in [1.165, 1.54) is 40.1 Å². The average Bonchev–Trinajstić information content (AvgIpc) is 4.01. The van der Waals surface area contributed by atoms with E-state index in [1.807, 2.05) is 18.2 Å². The van der Waals surface area contributed by atoms with Crippen LogP contribution in [0.25, 0.3) is 92.9 Å². The quantitative estimate of drug-likeness (QED) is 0.154. The van der Waals surface area contributed by atoms with Crippen molar-refractivity contribution in [2.75, 3.05) is 0 Å². The smallest absolute Gasteiger partial charge is 0.163 e. The van der Waals surface area contributed by atoms with Crippen molar-refractivity contribution in [1.82, 2.24) is 29.5 Å². The van der Waals surface area contributed by atoms with Crippen LogP contribution in [0, 0.1) is 17.9 Å². The fraction of sp³-hybridized carbons (Fsp3) is 0.237. The Morgan fingerprint density at radius 1 is 0.652 bits per heavy atom. The number of para-hydroxylation sites is 2. The normalized spacial score (nSPS) is 12.1. The van der Waals surface area contributed by atoms with Crippen LogP contribution in [-0.4, -0.2) is 29.5 Å². The molecule has 69 heavy (non-hydrogen) atoms. The number of halogens is 1. The van der Waals surface area contributed by atoms with E-state index in [-0.39, 0.29) is 48.6 Å². The molecule has 0 aliphatic rings. The summed E-state index contributed by atoms with van der Waals surface area (Å²) in [5.41, 5.74) is 11.8. The summed E-state index contributed by atoms with van der Waals surface area (Å²) in [5, 5.41) is 2.94. The summed E-state index contributed by atoms with van der Waals surface area (Å²) < 4.78 is 24.1. The van der Waals surface area contributed by atoms with Gasteiger partial charge >= 0.3 is 0 Å². The molecule has 0 aliphatic heterocycles. The van der Waals surface area contributed by atoms with Gasteiger partial charge in [-0.1, -0.05) is 152 Å². The average molecular weight is 1110 g/mol. The first kappa shape index (κ1) is 47.6. The Labute approximate surface area is 420 Å². The minimum atomic E-state index is -0.246. The van der Waals surface area contributed by atoms with Gasteiger partial charge in [-0.25, -0.2) is 15.0 Å². The second-order valence-corrected chi connectivity index (χ2v) is 21.2. The molecule has 0 aliphatic carbocycles. The van der Waals surface area contributed by atoms with E-state index in [9.17, 15) is 4.39 Å². The summed E-state index contributed by atoms with van der Waals surface area (Å²) in [6.45, 7) is 21.9. The predicted molar refractivity (Wildman–Crippen MR) is 278 cm³/mol. The van der Waals surface area contributed by atoms with Crippen molar-refractivity contribution in [1.29, 1.82) is 0 Å². The molecule has 7 nitrogen and oxygen atoms in total. The number of thiophene rings is 1. The van der Waals surface area contributed by atoms with E-state index < -0.39 is 0 Å². The third kappa shape index (κ3) is 9.02. The molecule has 0 spiro atoms. The number of hydrogen-bond donors (Lipinski definition) is 0. The number of fused-ring (bicyclic) bond motifs is 7. The minimum absolute atomic E-state index is 0. The molecule has 0 saturated heterocycles. The first-order chi connectivity index (χ1) is 32.5. The molecular formula is C59H53FIrN6OS-2. The molecular weight excluding hydrogens is 1050 g/mol. The summed E-state index contributed by atoms with van der Waals surface area (Å²) in [5.74, 6) is 3.27. The molecule has 0 N–H and O–H groups in total. The number of nitrogens with zero attached hydrogens (tertiary/aromatic N) is 6. The minimum Gasteiger partial charge on any atom is -0.501 e. The molecule has 0 unspecified atom stereocenters. The van der Waals surface area contributed by atoms with Crippen LogP contribution < -0.4 is 0 Å². The topological polar surface area (TPSA) is 82.5 Å². The van der Waals surface area contributed by atoms with Gasteiger partial charge in [0.15, 0.2) is 5.82 Å². The van der Waals surface area contributed by atoms with Crippen LogP contribution in [0.1, 0.15) is 104 Å². The van der Waals surface area contributed by atoms with Gasteiger partial charge in [0.1, 0.15) is 17.2 Å². The first-order valence-corrected chi connectivity index (χ1v) is 24.1. The molecule has 349 valence electrons. The van der Waals surface area contributed by atoms with Gasteiger partial charge in [-0.15, -0.1) is 35.7 Å². The van der Waals surface area contributed by atoms with Crippen LogP contribution in [0.15, 0.2) is 132 Å². The van der Waals surface area contributed by atoms with Crippen LogP contribution in [0.2, 0.25) is 0 Å². The molecule has 10 heteroatoms. The van der Waals surface area contributed by atoms with Crippen LogP contribution >= 0.6 is 11.3 Å². The van der Waals surface area contributed by atoms with Crippen molar-refractivity contribution < 1.29 is 28.9 Å². The molecule has 5 heterocycles. The van der Waals surface area contributed by atoms with E-state index >= 15 is 0 Å². The maximum atomic E-state index is 12.9. The van der Waals surface area contributed by atoms with E-state index in [2.05, 4.69) is 182 Å². The molecule has 6 aromatic carbocycles. The SMILES string of the molecule is CC(C)c1cc(-c2ccccc2)cc(C(C)C)c1-n1c(-c2[c-]ccc3c2oc2cc(-c4nc(C(C)(C)C)nc(C(C)(C)C)n4)ccc23)nc2ccccc21.Fc1c[c-]c2c(c1)sc1cccnc12.[Ir]. The van der Waals surface area contributed by atoms with E-state index in [0.29, 0.717) is 5.82 Å². The van der Waals surface area contributed by atoms with Crippen molar-refractivity contribution in [2.45, 2.75) is 91.9 Å². The zero-order chi connectivity index (χ0) is 47.6. The van der Waals surface area contributed by atoms with Crippen LogP contribution in [-0.2, 0) is 30.9 Å². The Kier molecular flexibility index (Phi) is 12.7. The second-order valence-electron chi connectivity index (χ2n) is 20.2. The van der Waals surface area contributed by atoms with E-state index in [0.717, 1.165) is 81.9 Å². The third-order valence-corrected chi connectivity index (χ3v) is 13.4. The second kappa shape index (κ2) is 18.5. The Morgan fingerprint density at radius 2 is 1.33 bits per heavy atom. The van der Waals surface area contributed by atoms with Crippen molar-refractivity contribution >= 4 is 64.6 Å². The zero-order valence-electron chi connectivity index (χ0n) is 40.5. The summed E-state index contributed by atoms with van der Waals surface area (Å²) in [4.78, 5) is 24.4. The van der Waals surface area contributed by atoms with Gasteiger partial charge in [0.25, 0.3) is 0 Å². The molecule has 5 aromatic heterocycles. The third-order valence-electron chi connectivity index (χ3n) is 12.3. The molecule has 0 atom stereocenters. The summed E-state index contributed by atoms with van der Waals surface area (Å²) in [7, 11) is 0. The van der Waals surface area contributed by atoms with E-state index in [1.54, 1.807) is 17.5 Å². The number of hydrogen-bond acceptors (Lipinski definition) is 7. The maximum Gasteiger partial charge on any atom is 0.163 e. The Hall–Kier alpha value is -6.45. The Morgan fingerprint density at radius 3 is 2.01 bits per heavy atom. The zero-order valence-corrected chi connectivity index (χ0v) is 43.7. The van der Waals surface area contributed by atoms with Crippen molar-refractivity contribution in [2.24, 2.45) is 0 Å². The standard InChI is InChI=1S/C48H48N5O.C11H5FNS.Ir/c1-28(2)36-25-32(30-17-12-11-13-18-30)26-37(29(3)4)41(36)53-39-22-15-14-21-38(39)49-44(53)35-20-16-19-34-33-24-23-31(27-40(33)54-42(34)35)43-50-45(47(5,6)7)52-46(51-43)48(8,9)10;12-7-3-4-8-10(6-7)14-9-2-1-5-13-11(8)9;/h11-19,21-29H,1-10H3;1-3,5-6H;/q2*-1;. The van der Waals surface area contributed by atoms with Gasteiger partial charge < -0.3 is 14.0 Å². The number of benzene rings is 6. The van der Waals surface area contributed by atoms with Gasteiger partial charge in [-0.2, -0.15) is 11.3 Å². The fourth-order valence-corrected chi connectivity index (χ4v) is 9.82. The van der Waals surface area contributed by atoms with E-state index in [4.69, 9.17) is 24.4 Å². The number of rotatable bonds is 6. The van der Waals surface area contributed by atoms with Crippen molar-refractivity contribution in [3.63, 3.8) is 0 Å². The van der Waals surface area contributed by atoms with Gasteiger partial charge in [0, 0.05) is 69.8 Å². The summed E-state index contributed by atoms with van der Waals surface area (Å²) in [6, 6.07) is 47.4. The Bertz CT molecular complexity index is 3630. The summed E-state index contributed by atoms with van der Waals surface area (Å²) >= 11 is 1.54. The number of furan rings is 1. The van der Waals surface area contributed by atoms with Crippen molar-refractivity contribution in [3.8, 4) is 39.6 Å². The first-order valence-electron chi connectivity index (χ1n) is 23.2. The van der Waals surface area contributed by atoms with Crippen LogP contribution in [0.5, 0.6) is 0 Å². The van der Waals surface area contributed by atoms with Gasteiger partial charge in [-0.05, 0) is 70.5 Å². The predicted octanol–water partition coefficient (Wildman–Crippen LogP) is 16.1. The van der Waals surface area contributed by atoms with Gasteiger partial charge in [-0.3, -0.25) is 9.37 Å². The fourth-order valence-electron chi connectivity index (χ4n) is 8.75. The number of imidazole rings is 1. The largest absolute Gasteiger partial charge is 0.501 e. The molecule has 0 saturated carbocycles. The number of pyridine rings is 1. The molecule has 1 radical (unpaired) electrons. The van der Waals surface area contributed by atoms with Gasteiger partial charge in [0.2, 0.25) is 0 Å². The molecule has 11 rings (SSSR count). The summed E-state index contributed by atoms with van der Waals surface area (Å²) in [6.07, 6.45) is 1.74. The Balaban J connectivity index is 0.000000336. The maximum absolute atomic E-state index is 12.9. The van der Waals surface area contributed by atoms with Crippen molar-refractivity contribution in [3.05, 3.63) is 168 Å². The number of aromatic nitrogens is 6. The molecule has 0 bridgehead atoms. The molecule has 0 amide bonds.